The highest BCUT2D eigenvalue weighted by molar-refractivity contribution is 6.17. The standard InChI is InChI=1S/C11H15ClN2/c1-9-6-10(7-12)8-13-11(9)14-4-2-3-5-14/h6,8H,2-5,7H2,1H3. The van der Waals surface area contributed by atoms with Gasteiger partial charge in [0.05, 0.1) is 0 Å². The molecule has 1 saturated heterocycles. The molecule has 2 heterocycles. The van der Waals surface area contributed by atoms with Gasteiger partial charge in [0.25, 0.3) is 0 Å². The van der Waals surface area contributed by atoms with Crippen LogP contribution in [0.4, 0.5) is 5.82 Å². The number of pyridine rings is 1. The molecule has 0 amide bonds. The molecule has 1 fully saturated rings. The Hall–Kier alpha value is -0.760. The third-order valence-electron chi connectivity index (χ3n) is 2.67. The first kappa shape index (κ1) is 9.78. The quantitative estimate of drug-likeness (QED) is 0.698. The van der Waals surface area contributed by atoms with E-state index < -0.39 is 0 Å². The highest BCUT2D eigenvalue weighted by Gasteiger charge is 2.15. The number of halogens is 1. The van der Waals surface area contributed by atoms with E-state index in [1.54, 1.807) is 0 Å². The fourth-order valence-corrected chi connectivity index (χ4v) is 2.11. The molecule has 14 heavy (non-hydrogen) atoms. The van der Waals surface area contributed by atoms with E-state index in [1.807, 2.05) is 6.20 Å². The topological polar surface area (TPSA) is 16.1 Å². The average Bonchev–Trinajstić information content (AvgIpc) is 2.70. The lowest BCUT2D eigenvalue weighted by Gasteiger charge is -2.18. The number of aromatic nitrogens is 1. The van der Waals surface area contributed by atoms with Gasteiger partial charge in [-0.15, -0.1) is 11.6 Å². The maximum Gasteiger partial charge on any atom is 0.131 e. The third-order valence-corrected chi connectivity index (χ3v) is 2.98. The van der Waals surface area contributed by atoms with Gasteiger partial charge in [-0.3, -0.25) is 0 Å². The molecule has 0 radical (unpaired) electrons. The number of rotatable bonds is 2. The van der Waals surface area contributed by atoms with E-state index in [0.717, 1.165) is 24.5 Å². The molecule has 2 rings (SSSR count). The zero-order valence-electron chi connectivity index (χ0n) is 8.46. The Morgan fingerprint density at radius 2 is 2.14 bits per heavy atom. The summed E-state index contributed by atoms with van der Waals surface area (Å²) < 4.78 is 0. The van der Waals surface area contributed by atoms with Crippen LogP contribution in [0.5, 0.6) is 0 Å². The van der Waals surface area contributed by atoms with Gasteiger partial charge in [-0.05, 0) is 37.0 Å². The van der Waals surface area contributed by atoms with Crippen molar-refractivity contribution in [2.24, 2.45) is 0 Å². The summed E-state index contributed by atoms with van der Waals surface area (Å²) >= 11 is 5.76. The Morgan fingerprint density at radius 3 is 2.71 bits per heavy atom. The van der Waals surface area contributed by atoms with Crippen molar-refractivity contribution in [1.29, 1.82) is 0 Å². The summed E-state index contributed by atoms with van der Waals surface area (Å²) in [5.41, 5.74) is 2.34. The van der Waals surface area contributed by atoms with Gasteiger partial charge in [-0.25, -0.2) is 4.98 Å². The number of nitrogens with zero attached hydrogens (tertiary/aromatic N) is 2. The van der Waals surface area contributed by atoms with Gasteiger partial charge in [-0.2, -0.15) is 0 Å². The zero-order chi connectivity index (χ0) is 9.97. The molecule has 1 aliphatic rings. The minimum absolute atomic E-state index is 0.550. The predicted molar refractivity (Wildman–Crippen MR) is 60.0 cm³/mol. The number of hydrogen-bond donors (Lipinski definition) is 0. The van der Waals surface area contributed by atoms with Crippen LogP contribution >= 0.6 is 11.6 Å². The van der Waals surface area contributed by atoms with Crippen molar-refractivity contribution in [3.05, 3.63) is 23.4 Å². The van der Waals surface area contributed by atoms with Crippen LogP contribution in [0.1, 0.15) is 24.0 Å². The molecule has 0 spiro atoms. The van der Waals surface area contributed by atoms with Crippen LogP contribution in [0.25, 0.3) is 0 Å². The molecular formula is C11H15ClN2. The minimum atomic E-state index is 0.550. The fourth-order valence-electron chi connectivity index (χ4n) is 1.96. The molecule has 1 aliphatic heterocycles. The molecule has 76 valence electrons. The molecule has 1 aromatic rings. The van der Waals surface area contributed by atoms with Crippen molar-refractivity contribution in [2.75, 3.05) is 18.0 Å². The van der Waals surface area contributed by atoms with Crippen LogP contribution in [0.15, 0.2) is 12.3 Å². The minimum Gasteiger partial charge on any atom is -0.356 e. The number of alkyl halides is 1. The Labute approximate surface area is 89.9 Å². The lowest BCUT2D eigenvalue weighted by molar-refractivity contribution is 0.925. The third kappa shape index (κ3) is 1.85. The fraction of sp³-hybridized carbons (Fsp3) is 0.545. The predicted octanol–water partition coefficient (Wildman–Crippen LogP) is 2.73. The summed E-state index contributed by atoms with van der Waals surface area (Å²) in [4.78, 5) is 6.83. The summed E-state index contributed by atoms with van der Waals surface area (Å²) in [5, 5.41) is 0. The van der Waals surface area contributed by atoms with E-state index in [2.05, 4.69) is 22.9 Å². The smallest absolute Gasteiger partial charge is 0.131 e. The summed E-state index contributed by atoms with van der Waals surface area (Å²) in [6.45, 7) is 4.40. The Bertz CT molecular complexity index is 319. The maximum absolute atomic E-state index is 5.76. The van der Waals surface area contributed by atoms with Crippen molar-refractivity contribution in [3.63, 3.8) is 0 Å². The maximum atomic E-state index is 5.76. The van der Waals surface area contributed by atoms with Crippen LogP contribution < -0.4 is 4.90 Å². The van der Waals surface area contributed by atoms with E-state index in [4.69, 9.17) is 11.6 Å². The normalized spacial score (nSPS) is 16.3. The average molecular weight is 211 g/mol. The molecule has 0 aliphatic carbocycles. The van der Waals surface area contributed by atoms with Gasteiger partial charge < -0.3 is 4.90 Å². The Kier molecular flexibility index (Phi) is 2.92. The molecule has 0 unspecified atom stereocenters. The second-order valence-corrected chi connectivity index (χ2v) is 4.08. The Balaban J connectivity index is 2.25. The van der Waals surface area contributed by atoms with E-state index >= 15 is 0 Å². The second-order valence-electron chi connectivity index (χ2n) is 3.81. The summed E-state index contributed by atoms with van der Waals surface area (Å²) in [5.74, 6) is 1.69. The van der Waals surface area contributed by atoms with Gasteiger partial charge in [0.15, 0.2) is 0 Å². The van der Waals surface area contributed by atoms with Gasteiger partial charge in [0.1, 0.15) is 5.82 Å². The lowest BCUT2D eigenvalue weighted by Crippen LogP contribution is -2.20. The summed E-state index contributed by atoms with van der Waals surface area (Å²) in [6, 6.07) is 2.13. The molecule has 2 nitrogen and oxygen atoms in total. The second kappa shape index (κ2) is 4.18. The van der Waals surface area contributed by atoms with Crippen molar-refractivity contribution >= 4 is 17.4 Å². The molecule has 0 saturated carbocycles. The van der Waals surface area contributed by atoms with E-state index in [0.29, 0.717) is 5.88 Å². The molecular weight excluding hydrogens is 196 g/mol. The summed E-state index contributed by atoms with van der Waals surface area (Å²) in [7, 11) is 0. The van der Waals surface area contributed by atoms with Crippen LogP contribution in [0.2, 0.25) is 0 Å². The highest BCUT2D eigenvalue weighted by Crippen LogP contribution is 2.22. The molecule has 0 bridgehead atoms. The SMILES string of the molecule is Cc1cc(CCl)cnc1N1CCCC1. The van der Waals surface area contributed by atoms with Gasteiger partial charge in [0, 0.05) is 25.2 Å². The van der Waals surface area contributed by atoms with Crippen LogP contribution in [-0.2, 0) is 5.88 Å². The van der Waals surface area contributed by atoms with Crippen molar-refractivity contribution in [1.82, 2.24) is 4.98 Å². The van der Waals surface area contributed by atoms with Gasteiger partial charge in [-0.1, -0.05) is 0 Å². The first-order valence-corrected chi connectivity index (χ1v) is 5.61. The Morgan fingerprint density at radius 1 is 1.43 bits per heavy atom. The molecule has 1 aromatic heterocycles. The van der Waals surface area contributed by atoms with E-state index in [1.165, 1.54) is 18.4 Å². The largest absolute Gasteiger partial charge is 0.356 e. The van der Waals surface area contributed by atoms with E-state index in [-0.39, 0.29) is 0 Å². The zero-order valence-corrected chi connectivity index (χ0v) is 9.22. The molecule has 0 N–H and O–H groups in total. The van der Waals surface area contributed by atoms with Crippen LogP contribution in [0.3, 0.4) is 0 Å². The molecule has 3 heteroatoms. The monoisotopic (exact) mass is 210 g/mol. The lowest BCUT2D eigenvalue weighted by atomic mass is 10.2. The van der Waals surface area contributed by atoms with Crippen molar-refractivity contribution in [2.45, 2.75) is 25.6 Å². The van der Waals surface area contributed by atoms with Crippen LogP contribution in [-0.4, -0.2) is 18.1 Å². The molecule has 0 atom stereocenters. The number of anilines is 1. The molecule has 0 aromatic carbocycles. The van der Waals surface area contributed by atoms with Gasteiger partial charge >= 0.3 is 0 Å². The first-order chi connectivity index (χ1) is 6.81. The van der Waals surface area contributed by atoms with Crippen molar-refractivity contribution in [3.8, 4) is 0 Å². The van der Waals surface area contributed by atoms with Gasteiger partial charge in [0.2, 0.25) is 0 Å². The first-order valence-electron chi connectivity index (χ1n) is 5.07. The summed E-state index contributed by atoms with van der Waals surface area (Å²) in [6.07, 6.45) is 4.46. The van der Waals surface area contributed by atoms with Crippen molar-refractivity contribution < 1.29 is 0 Å². The number of hydrogen-bond acceptors (Lipinski definition) is 2. The van der Waals surface area contributed by atoms with Crippen LogP contribution in [0, 0.1) is 6.92 Å². The van der Waals surface area contributed by atoms with E-state index in [9.17, 15) is 0 Å². The number of aryl methyl sites for hydroxylation is 1. The highest BCUT2D eigenvalue weighted by atomic mass is 35.5.